The monoisotopic (exact) mass is 404 g/mol. The van der Waals surface area contributed by atoms with Crippen LogP contribution in [0, 0.1) is 5.82 Å². The summed E-state index contributed by atoms with van der Waals surface area (Å²) in [5, 5.41) is 32.3. The van der Waals surface area contributed by atoms with Crippen molar-refractivity contribution in [3.8, 4) is 5.88 Å². The predicted molar refractivity (Wildman–Crippen MR) is 102 cm³/mol. The largest absolute Gasteiger partial charge is 0.474 e. The van der Waals surface area contributed by atoms with E-state index in [4.69, 9.17) is 9.84 Å². The van der Waals surface area contributed by atoms with Crippen LogP contribution >= 0.6 is 0 Å². The SMILES string of the molecule is CN(O)[C@](C)(NC(=O)Nc1cc2[nH]nc(OCCO)c2cn1)c1ccc(F)cc1. The number of H-pyrrole nitrogens is 1. The molecule has 0 fully saturated rings. The van der Waals surface area contributed by atoms with Crippen molar-refractivity contribution in [2.45, 2.75) is 12.6 Å². The number of amides is 2. The van der Waals surface area contributed by atoms with Crippen LogP contribution in [0.4, 0.5) is 15.0 Å². The number of halogens is 1. The Morgan fingerprint density at radius 2 is 2.10 bits per heavy atom. The van der Waals surface area contributed by atoms with Crippen LogP contribution in [0.3, 0.4) is 0 Å². The van der Waals surface area contributed by atoms with Crippen LogP contribution in [0.5, 0.6) is 5.88 Å². The van der Waals surface area contributed by atoms with Crippen molar-refractivity contribution in [2.75, 3.05) is 25.6 Å². The van der Waals surface area contributed by atoms with E-state index in [9.17, 15) is 14.4 Å². The number of urea groups is 1. The second-order valence-corrected chi connectivity index (χ2v) is 6.40. The third-order valence-corrected chi connectivity index (χ3v) is 4.39. The van der Waals surface area contributed by atoms with Gasteiger partial charge in [0.05, 0.1) is 17.5 Å². The van der Waals surface area contributed by atoms with Crippen LogP contribution in [-0.2, 0) is 5.66 Å². The molecule has 0 radical (unpaired) electrons. The smallest absolute Gasteiger partial charge is 0.322 e. The first-order valence-electron chi connectivity index (χ1n) is 8.69. The van der Waals surface area contributed by atoms with Gasteiger partial charge in [0, 0.05) is 19.3 Å². The zero-order chi connectivity index (χ0) is 21.0. The minimum absolute atomic E-state index is 0.0962. The molecule has 2 aromatic heterocycles. The number of rotatable bonds is 7. The molecule has 0 aliphatic rings. The van der Waals surface area contributed by atoms with Crippen molar-refractivity contribution in [1.29, 1.82) is 0 Å². The summed E-state index contributed by atoms with van der Waals surface area (Å²) in [6.45, 7) is 1.52. The van der Waals surface area contributed by atoms with Gasteiger partial charge in [-0.2, -0.15) is 5.06 Å². The Balaban J connectivity index is 1.75. The van der Waals surface area contributed by atoms with Gasteiger partial charge in [0.25, 0.3) is 0 Å². The molecule has 0 spiro atoms. The van der Waals surface area contributed by atoms with E-state index in [0.29, 0.717) is 22.3 Å². The van der Waals surface area contributed by atoms with E-state index in [2.05, 4.69) is 25.8 Å². The first-order chi connectivity index (χ1) is 13.8. The normalized spacial score (nSPS) is 13.3. The summed E-state index contributed by atoms with van der Waals surface area (Å²) < 4.78 is 18.5. The molecule has 0 aliphatic carbocycles. The minimum atomic E-state index is -1.32. The molecule has 0 aliphatic heterocycles. The number of carbonyl (C=O) groups is 1. The lowest BCUT2D eigenvalue weighted by Crippen LogP contribution is -2.54. The number of hydrogen-bond donors (Lipinski definition) is 5. The first kappa shape index (κ1) is 20.5. The lowest BCUT2D eigenvalue weighted by Gasteiger charge is -2.35. The zero-order valence-electron chi connectivity index (χ0n) is 15.8. The molecule has 29 heavy (non-hydrogen) atoms. The fourth-order valence-corrected chi connectivity index (χ4v) is 2.69. The highest BCUT2D eigenvalue weighted by Gasteiger charge is 2.33. The summed E-state index contributed by atoms with van der Waals surface area (Å²) in [7, 11) is 1.37. The highest BCUT2D eigenvalue weighted by Crippen LogP contribution is 2.25. The maximum atomic E-state index is 13.2. The maximum Gasteiger partial charge on any atom is 0.322 e. The van der Waals surface area contributed by atoms with Crippen molar-refractivity contribution in [3.05, 3.63) is 47.9 Å². The van der Waals surface area contributed by atoms with E-state index in [1.807, 2.05) is 0 Å². The Hall–Kier alpha value is -3.28. The summed E-state index contributed by atoms with van der Waals surface area (Å²) in [4.78, 5) is 16.6. The number of pyridine rings is 1. The Morgan fingerprint density at radius 1 is 1.38 bits per heavy atom. The van der Waals surface area contributed by atoms with E-state index in [0.717, 1.165) is 5.06 Å². The Morgan fingerprint density at radius 3 is 2.76 bits per heavy atom. The van der Waals surface area contributed by atoms with Crippen molar-refractivity contribution < 1.29 is 24.2 Å². The van der Waals surface area contributed by atoms with Crippen molar-refractivity contribution in [3.63, 3.8) is 0 Å². The number of nitrogens with one attached hydrogen (secondary N) is 3. The van der Waals surface area contributed by atoms with Gasteiger partial charge in [0.1, 0.15) is 23.9 Å². The van der Waals surface area contributed by atoms with Crippen molar-refractivity contribution in [2.24, 2.45) is 0 Å². The second-order valence-electron chi connectivity index (χ2n) is 6.40. The number of ether oxygens (including phenoxy) is 1. The lowest BCUT2D eigenvalue weighted by atomic mass is 10.0. The van der Waals surface area contributed by atoms with Crippen LogP contribution < -0.4 is 15.4 Å². The summed E-state index contributed by atoms with van der Waals surface area (Å²) in [5.41, 5.74) is -0.272. The van der Waals surface area contributed by atoms with Gasteiger partial charge in [-0.3, -0.25) is 10.4 Å². The second kappa shape index (κ2) is 8.39. The number of benzene rings is 1. The van der Waals surface area contributed by atoms with Crippen LogP contribution in [0.2, 0.25) is 0 Å². The molecule has 0 bridgehead atoms. The number of carbonyl (C=O) groups excluding carboxylic acids is 1. The number of aliphatic hydroxyl groups excluding tert-OH is 1. The number of hydroxylamine groups is 2. The molecule has 11 heteroatoms. The van der Waals surface area contributed by atoms with Crippen molar-refractivity contribution >= 4 is 22.8 Å². The summed E-state index contributed by atoms with van der Waals surface area (Å²) in [6, 6.07) is 6.32. The molecule has 1 atom stereocenters. The molecule has 154 valence electrons. The van der Waals surface area contributed by atoms with Gasteiger partial charge in [-0.15, -0.1) is 5.10 Å². The first-order valence-corrected chi connectivity index (χ1v) is 8.69. The van der Waals surface area contributed by atoms with Gasteiger partial charge < -0.3 is 20.4 Å². The predicted octanol–water partition coefficient (Wildman–Crippen LogP) is 1.78. The van der Waals surface area contributed by atoms with Crippen LogP contribution in [0.1, 0.15) is 12.5 Å². The molecule has 3 aromatic rings. The number of fused-ring (bicyclic) bond motifs is 1. The number of nitrogens with zero attached hydrogens (tertiary/aromatic N) is 3. The van der Waals surface area contributed by atoms with Crippen LogP contribution in [0.15, 0.2) is 36.5 Å². The van der Waals surface area contributed by atoms with Gasteiger partial charge in [-0.25, -0.2) is 14.2 Å². The molecule has 2 amide bonds. The van der Waals surface area contributed by atoms with E-state index >= 15 is 0 Å². The van der Waals surface area contributed by atoms with E-state index in [1.54, 1.807) is 13.0 Å². The van der Waals surface area contributed by atoms with E-state index < -0.39 is 17.5 Å². The van der Waals surface area contributed by atoms with Gasteiger partial charge in [-0.05, 0) is 24.6 Å². The Kier molecular flexibility index (Phi) is 5.92. The topological polar surface area (TPSA) is 136 Å². The molecule has 0 saturated carbocycles. The standard InChI is InChI=1S/C18H21FN6O4/c1-18(25(2)28,11-3-5-12(19)6-4-11)22-17(27)21-15-9-14-13(10-20-15)16(24-23-14)29-8-7-26/h3-6,9-10,26,28H,7-8H2,1-2H3,(H,23,24)(H2,20,21,22,27)/t18-/m0/s1. The van der Waals surface area contributed by atoms with E-state index in [-0.39, 0.29) is 19.0 Å². The fourth-order valence-electron chi connectivity index (χ4n) is 2.69. The van der Waals surface area contributed by atoms with E-state index in [1.165, 1.54) is 37.5 Å². The zero-order valence-corrected chi connectivity index (χ0v) is 15.8. The number of anilines is 1. The molecule has 1 aromatic carbocycles. The third-order valence-electron chi connectivity index (χ3n) is 4.39. The number of aromatic amines is 1. The molecular weight excluding hydrogens is 383 g/mol. The maximum absolute atomic E-state index is 13.2. The molecule has 0 unspecified atom stereocenters. The number of aromatic nitrogens is 3. The molecule has 2 heterocycles. The third kappa shape index (κ3) is 4.42. The molecule has 10 nitrogen and oxygen atoms in total. The van der Waals surface area contributed by atoms with Gasteiger partial charge in [0.15, 0.2) is 0 Å². The molecule has 5 N–H and O–H groups in total. The highest BCUT2D eigenvalue weighted by molar-refractivity contribution is 5.92. The molecule has 0 saturated heterocycles. The lowest BCUT2D eigenvalue weighted by molar-refractivity contribution is -0.158. The molecular formula is C18H21FN6O4. The molecule has 3 rings (SSSR count). The quantitative estimate of drug-likeness (QED) is 0.299. The van der Waals surface area contributed by atoms with Gasteiger partial charge in [0.2, 0.25) is 5.88 Å². The van der Waals surface area contributed by atoms with Crippen molar-refractivity contribution in [1.82, 2.24) is 25.6 Å². The summed E-state index contributed by atoms with van der Waals surface area (Å²) in [5.74, 6) is 0.0956. The van der Waals surface area contributed by atoms with Crippen LogP contribution in [-0.4, -0.2) is 56.9 Å². The Labute approximate surface area is 165 Å². The summed E-state index contributed by atoms with van der Waals surface area (Å²) >= 11 is 0. The summed E-state index contributed by atoms with van der Waals surface area (Å²) in [6.07, 6.45) is 1.47. The minimum Gasteiger partial charge on any atom is -0.474 e. The highest BCUT2D eigenvalue weighted by atomic mass is 19.1. The fraction of sp³-hybridized carbons (Fsp3) is 0.278. The van der Waals surface area contributed by atoms with Gasteiger partial charge >= 0.3 is 6.03 Å². The van der Waals surface area contributed by atoms with Crippen LogP contribution in [0.25, 0.3) is 10.9 Å². The Bertz CT molecular complexity index is 994. The van der Waals surface area contributed by atoms with Gasteiger partial charge in [-0.1, -0.05) is 12.1 Å². The average Bonchev–Trinajstić information content (AvgIpc) is 3.08. The average molecular weight is 404 g/mol. The number of aliphatic hydroxyl groups is 1. The number of hydrogen-bond acceptors (Lipinski definition) is 7.